The highest BCUT2D eigenvalue weighted by Crippen LogP contribution is 2.39. The van der Waals surface area contributed by atoms with Crippen LogP contribution in [0.2, 0.25) is 0 Å². The molecule has 0 fully saturated rings. The zero-order chi connectivity index (χ0) is 22.5. The Morgan fingerprint density at radius 1 is 1.23 bits per heavy atom. The highest BCUT2D eigenvalue weighted by Gasteiger charge is 2.36. The quantitative estimate of drug-likeness (QED) is 0.606. The van der Waals surface area contributed by atoms with Crippen molar-refractivity contribution in [1.82, 2.24) is 9.78 Å². The fourth-order valence-corrected chi connectivity index (χ4v) is 3.27. The van der Waals surface area contributed by atoms with Crippen molar-refractivity contribution >= 4 is 17.6 Å². The molecule has 0 spiro atoms. The van der Waals surface area contributed by atoms with Crippen LogP contribution < -0.4 is 10.1 Å². The lowest BCUT2D eigenvalue weighted by molar-refractivity contribution is -0.141. The predicted molar refractivity (Wildman–Crippen MR) is 99.8 cm³/mol. The molecule has 1 amide bonds. The van der Waals surface area contributed by atoms with Crippen LogP contribution in [0.3, 0.4) is 0 Å². The second kappa shape index (κ2) is 7.11. The second-order valence-corrected chi connectivity index (χ2v) is 6.80. The van der Waals surface area contributed by atoms with E-state index in [4.69, 9.17) is 4.74 Å². The zero-order valence-corrected chi connectivity index (χ0v) is 15.7. The minimum Gasteiger partial charge on any atom is -0.481 e. The van der Waals surface area contributed by atoms with Gasteiger partial charge >= 0.3 is 12.1 Å². The molecule has 1 aliphatic heterocycles. The number of carboxylic acids is 1. The smallest absolute Gasteiger partial charge is 0.435 e. The molecular weight excluding hydrogens is 422 g/mol. The van der Waals surface area contributed by atoms with Gasteiger partial charge in [-0.3, -0.25) is 4.79 Å². The Kier molecular flexibility index (Phi) is 4.68. The number of aromatic carboxylic acids is 1. The molecule has 2 heterocycles. The van der Waals surface area contributed by atoms with Crippen molar-refractivity contribution in [3.8, 4) is 22.7 Å². The Hall–Kier alpha value is -3.89. The van der Waals surface area contributed by atoms with Crippen LogP contribution >= 0.6 is 0 Å². The summed E-state index contributed by atoms with van der Waals surface area (Å²) in [6, 6.07) is 6.66. The Morgan fingerprint density at radius 3 is 2.61 bits per heavy atom. The summed E-state index contributed by atoms with van der Waals surface area (Å²) in [7, 11) is 0. The molecule has 11 heteroatoms. The molecule has 0 radical (unpaired) electrons. The number of anilines is 1. The molecule has 3 aromatic rings. The van der Waals surface area contributed by atoms with Crippen molar-refractivity contribution in [3.05, 3.63) is 59.0 Å². The first-order chi connectivity index (χ1) is 14.5. The van der Waals surface area contributed by atoms with Gasteiger partial charge < -0.3 is 15.2 Å². The topological polar surface area (TPSA) is 93.5 Å². The number of nitrogens with one attached hydrogen (secondary N) is 1. The molecule has 4 rings (SSSR count). The van der Waals surface area contributed by atoms with Crippen molar-refractivity contribution in [2.24, 2.45) is 0 Å². The Labute approximate surface area is 171 Å². The number of halogens is 4. The highest BCUT2D eigenvalue weighted by molar-refractivity contribution is 6.02. The van der Waals surface area contributed by atoms with Gasteiger partial charge in [-0.1, -0.05) is 0 Å². The van der Waals surface area contributed by atoms with Gasteiger partial charge in [-0.15, -0.1) is 0 Å². The molecule has 0 bridgehead atoms. The monoisotopic (exact) mass is 435 g/mol. The standard InChI is InChI=1S/C20H13F4N3O4/c1-9-4-11(21)2-3-14(9)27-15(7-16(26-27)20(22,23)24)10-5-12(19(29)30)18-13(6-10)25-17(28)8-31-18/h2-7H,8H2,1H3,(H,25,28)(H,29,30). The first-order valence-electron chi connectivity index (χ1n) is 8.83. The lowest BCUT2D eigenvalue weighted by Crippen LogP contribution is -2.26. The van der Waals surface area contributed by atoms with Gasteiger partial charge in [-0.2, -0.15) is 18.3 Å². The van der Waals surface area contributed by atoms with E-state index in [1.807, 2.05) is 0 Å². The zero-order valence-electron chi connectivity index (χ0n) is 15.7. The lowest BCUT2D eigenvalue weighted by Gasteiger charge is -2.21. The molecule has 7 nitrogen and oxygen atoms in total. The number of fused-ring (bicyclic) bond motifs is 1. The van der Waals surface area contributed by atoms with Crippen molar-refractivity contribution in [2.75, 3.05) is 11.9 Å². The van der Waals surface area contributed by atoms with E-state index in [2.05, 4.69) is 10.4 Å². The van der Waals surface area contributed by atoms with E-state index in [1.54, 1.807) is 0 Å². The fourth-order valence-electron chi connectivity index (χ4n) is 3.27. The normalized spacial score (nSPS) is 13.4. The summed E-state index contributed by atoms with van der Waals surface area (Å²) in [5.41, 5.74) is -1.15. The van der Waals surface area contributed by atoms with Gasteiger partial charge in [-0.05, 0) is 48.9 Å². The summed E-state index contributed by atoms with van der Waals surface area (Å²) in [6.45, 7) is 1.11. The molecule has 160 valence electrons. The summed E-state index contributed by atoms with van der Waals surface area (Å²) in [5.74, 6) is -2.61. The number of aromatic nitrogens is 2. The number of carbonyl (C=O) groups excluding carboxylic acids is 1. The van der Waals surface area contributed by atoms with E-state index in [-0.39, 0.29) is 33.9 Å². The number of aryl methyl sites for hydroxylation is 1. The summed E-state index contributed by atoms with van der Waals surface area (Å²) in [5, 5.41) is 15.6. The number of nitrogens with zero attached hydrogens (tertiary/aromatic N) is 2. The van der Waals surface area contributed by atoms with E-state index in [1.165, 1.54) is 19.1 Å². The number of ether oxygens (including phenoxy) is 1. The molecule has 1 aliphatic rings. The van der Waals surface area contributed by atoms with Crippen LogP contribution in [-0.2, 0) is 11.0 Å². The number of hydrogen-bond acceptors (Lipinski definition) is 4. The SMILES string of the molecule is Cc1cc(F)ccc1-n1nc(C(F)(F)F)cc1-c1cc2c(c(C(=O)O)c1)OCC(=O)N2. The molecule has 0 saturated heterocycles. The summed E-state index contributed by atoms with van der Waals surface area (Å²) >= 11 is 0. The third-order valence-corrected chi connectivity index (χ3v) is 4.62. The summed E-state index contributed by atoms with van der Waals surface area (Å²) in [4.78, 5) is 23.4. The number of carbonyl (C=O) groups is 2. The third-order valence-electron chi connectivity index (χ3n) is 4.62. The van der Waals surface area contributed by atoms with Crippen LogP contribution in [0.1, 0.15) is 21.6 Å². The summed E-state index contributed by atoms with van der Waals surface area (Å²) in [6.07, 6.45) is -4.78. The van der Waals surface area contributed by atoms with Crippen LogP contribution in [0, 0.1) is 12.7 Å². The highest BCUT2D eigenvalue weighted by atomic mass is 19.4. The molecule has 0 unspecified atom stereocenters. The second-order valence-electron chi connectivity index (χ2n) is 6.80. The van der Waals surface area contributed by atoms with Gasteiger partial charge in [0.25, 0.3) is 5.91 Å². The maximum Gasteiger partial charge on any atom is 0.435 e. The van der Waals surface area contributed by atoms with Gasteiger partial charge in [0.05, 0.1) is 17.1 Å². The minimum atomic E-state index is -4.78. The Morgan fingerprint density at radius 2 is 1.97 bits per heavy atom. The van der Waals surface area contributed by atoms with Gasteiger partial charge in [-0.25, -0.2) is 13.9 Å². The third kappa shape index (κ3) is 3.69. The number of hydrogen-bond donors (Lipinski definition) is 2. The first kappa shape index (κ1) is 20.4. The van der Waals surface area contributed by atoms with Crippen molar-refractivity contribution in [3.63, 3.8) is 0 Å². The molecule has 0 atom stereocenters. The van der Waals surface area contributed by atoms with Crippen LogP contribution in [0.15, 0.2) is 36.4 Å². The fraction of sp³-hybridized carbons (Fsp3) is 0.150. The van der Waals surface area contributed by atoms with Gasteiger partial charge in [0.1, 0.15) is 11.4 Å². The van der Waals surface area contributed by atoms with Crippen molar-refractivity contribution < 1.29 is 37.0 Å². The number of alkyl halides is 3. The van der Waals surface area contributed by atoms with Gasteiger partial charge in [0.2, 0.25) is 0 Å². The van der Waals surface area contributed by atoms with Crippen LogP contribution in [0.5, 0.6) is 5.75 Å². The maximum absolute atomic E-state index is 13.5. The maximum atomic E-state index is 13.5. The Bertz CT molecular complexity index is 1230. The average molecular weight is 435 g/mol. The Balaban J connectivity index is 1.98. The predicted octanol–water partition coefficient (Wildman–Crippen LogP) is 4.03. The first-order valence-corrected chi connectivity index (χ1v) is 8.83. The van der Waals surface area contributed by atoms with E-state index in [9.17, 15) is 32.3 Å². The number of rotatable bonds is 3. The molecular formula is C20H13F4N3O4. The van der Waals surface area contributed by atoms with Crippen LogP contribution in [0.25, 0.3) is 16.9 Å². The molecule has 2 N–H and O–H groups in total. The minimum absolute atomic E-state index is 0.00304. The van der Waals surface area contributed by atoms with Crippen molar-refractivity contribution in [2.45, 2.75) is 13.1 Å². The lowest BCUT2D eigenvalue weighted by atomic mass is 10.0. The van der Waals surface area contributed by atoms with E-state index in [0.29, 0.717) is 5.56 Å². The van der Waals surface area contributed by atoms with Gasteiger partial charge in [0.15, 0.2) is 18.1 Å². The molecule has 0 saturated carbocycles. The number of amides is 1. The van der Waals surface area contributed by atoms with E-state index in [0.717, 1.165) is 28.9 Å². The van der Waals surface area contributed by atoms with E-state index >= 15 is 0 Å². The van der Waals surface area contributed by atoms with Crippen LogP contribution in [0.4, 0.5) is 23.2 Å². The number of benzene rings is 2. The average Bonchev–Trinajstić information content (AvgIpc) is 3.12. The molecule has 31 heavy (non-hydrogen) atoms. The molecule has 0 aliphatic carbocycles. The molecule has 2 aromatic carbocycles. The molecule has 1 aromatic heterocycles. The summed E-state index contributed by atoms with van der Waals surface area (Å²) < 4.78 is 59.9. The largest absolute Gasteiger partial charge is 0.481 e. The number of carboxylic acid groups (broad SMARTS) is 1. The van der Waals surface area contributed by atoms with Crippen molar-refractivity contribution in [1.29, 1.82) is 0 Å². The van der Waals surface area contributed by atoms with Gasteiger partial charge in [0, 0.05) is 5.56 Å². The van der Waals surface area contributed by atoms with E-state index < -0.39 is 36.2 Å². The van der Waals surface area contributed by atoms with Crippen LogP contribution in [-0.4, -0.2) is 33.4 Å².